The lowest BCUT2D eigenvalue weighted by Gasteiger charge is -2.06. The van der Waals surface area contributed by atoms with Gasteiger partial charge in [-0.2, -0.15) is 18.4 Å². The topological polar surface area (TPSA) is 62.1 Å². The van der Waals surface area contributed by atoms with Crippen molar-refractivity contribution in [2.24, 2.45) is 0 Å². The van der Waals surface area contributed by atoms with Crippen molar-refractivity contribution in [3.8, 4) is 23.7 Å². The normalized spacial score (nSPS) is 10.2. The van der Waals surface area contributed by atoms with E-state index in [1.54, 1.807) is 24.3 Å². The van der Waals surface area contributed by atoms with E-state index in [9.17, 15) is 18.0 Å². The van der Waals surface area contributed by atoms with Crippen LogP contribution in [-0.2, 0) is 11.0 Å². The Kier molecular flexibility index (Phi) is 6.24. The third-order valence-corrected chi connectivity index (χ3v) is 3.15. The molecular formula is C19H13F3N2O2. The van der Waals surface area contributed by atoms with Crippen molar-refractivity contribution in [1.29, 1.82) is 5.26 Å². The van der Waals surface area contributed by atoms with Crippen molar-refractivity contribution in [1.82, 2.24) is 5.32 Å². The van der Waals surface area contributed by atoms with Crippen molar-refractivity contribution in [3.63, 3.8) is 0 Å². The maximum absolute atomic E-state index is 12.6. The van der Waals surface area contributed by atoms with Crippen LogP contribution in [0.15, 0.2) is 48.5 Å². The molecule has 2 aromatic rings. The minimum atomic E-state index is -4.42. The molecule has 1 amide bonds. The molecule has 2 aromatic carbocycles. The summed E-state index contributed by atoms with van der Waals surface area (Å²) in [7, 11) is 0. The van der Waals surface area contributed by atoms with Crippen LogP contribution < -0.4 is 10.1 Å². The lowest BCUT2D eigenvalue weighted by molar-refractivity contribution is -0.137. The number of hydrogen-bond acceptors (Lipinski definition) is 3. The number of nitrogens with zero attached hydrogens (tertiary/aromatic N) is 1. The average molecular weight is 358 g/mol. The van der Waals surface area contributed by atoms with Crippen molar-refractivity contribution in [3.05, 3.63) is 65.2 Å². The molecule has 26 heavy (non-hydrogen) atoms. The maximum atomic E-state index is 12.6. The number of ether oxygens (including phenoxy) is 1. The monoisotopic (exact) mass is 358 g/mol. The molecule has 0 radical (unpaired) electrons. The predicted molar refractivity (Wildman–Crippen MR) is 88.0 cm³/mol. The molecule has 7 heteroatoms. The van der Waals surface area contributed by atoms with Crippen LogP contribution in [0.5, 0.6) is 5.75 Å². The SMILES string of the molecule is N#Cc1ccc(OCC(=O)NCC#Cc2cccc(C(F)(F)F)c2)cc1. The van der Waals surface area contributed by atoms with E-state index in [0.717, 1.165) is 12.1 Å². The zero-order valence-corrected chi connectivity index (χ0v) is 13.4. The minimum Gasteiger partial charge on any atom is -0.484 e. The number of hydrogen-bond donors (Lipinski definition) is 1. The van der Waals surface area contributed by atoms with Gasteiger partial charge in [-0.15, -0.1) is 0 Å². The lowest BCUT2D eigenvalue weighted by atomic mass is 10.1. The Labute approximate surface area is 148 Å². The Morgan fingerprint density at radius 2 is 1.85 bits per heavy atom. The highest BCUT2D eigenvalue weighted by molar-refractivity contribution is 5.77. The Balaban J connectivity index is 1.80. The first-order valence-electron chi connectivity index (χ1n) is 7.44. The molecule has 0 aliphatic rings. The maximum Gasteiger partial charge on any atom is 0.416 e. The molecule has 0 fully saturated rings. The summed E-state index contributed by atoms with van der Waals surface area (Å²) < 4.78 is 43.0. The summed E-state index contributed by atoms with van der Waals surface area (Å²) in [6.45, 7) is -0.261. The molecule has 0 heterocycles. The molecule has 0 aromatic heterocycles. The van der Waals surface area contributed by atoms with Gasteiger partial charge in [0.2, 0.25) is 0 Å². The number of carbonyl (C=O) groups is 1. The molecule has 2 rings (SSSR count). The first-order valence-corrected chi connectivity index (χ1v) is 7.44. The number of carbonyl (C=O) groups excluding carboxylic acids is 1. The third-order valence-electron chi connectivity index (χ3n) is 3.15. The van der Waals surface area contributed by atoms with E-state index in [1.807, 2.05) is 6.07 Å². The van der Waals surface area contributed by atoms with Crippen molar-refractivity contribution in [2.75, 3.05) is 13.2 Å². The first-order chi connectivity index (χ1) is 12.4. The van der Waals surface area contributed by atoms with Gasteiger partial charge < -0.3 is 10.1 Å². The average Bonchev–Trinajstić information content (AvgIpc) is 2.63. The van der Waals surface area contributed by atoms with Gasteiger partial charge in [-0.1, -0.05) is 17.9 Å². The number of rotatable bonds is 4. The second-order valence-electron chi connectivity index (χ2n) is 5.08. The van der Waals surface area contributed by atoms with Crippen molar-refractivity contribution >= 4 is 5.91 Å². The van der Waals surface area contributed by atoms with Gasteiger partial charge in [-0.05, 0) is 42.5 Å². The zero-order valence-electron chi connectivity index (χ0n) is 13.4. The van der Waals surface area contributed by atoms with Crippen LogP contribution in [0.1, 0.15) is 16.7 Å². The van der Waals surface area contributed by atoms with Crippen LogP contribution >= 0.6 is 0 Å². The number of benzene rings is 2. The van der Waals surface area contributed by atoms with Crippen LogP contribution in [0.3, 0.4) is 0 Å². The number of halogens is 3. The molecule has 132 valence electrons. The van der Waals surface area contributed by atoms with E-state index in [-0.39, 0.29) is 18.7 Å². The summed E-state index contributed by atoms with van der Waals surface area (Å²) in [5.41, 5.74) is -0.0845. The van der Waals surface area contributed by atoms with Gasteiger partial charge in [0.1, 0.15) is 5.75 Å². The summed E-state index contributed by atoms with van der Waals surface area (Å²) in [6, 6.07) is 12.9. The van der Waals surface area contributed by atoms with E-state index in [0.29, 0.717) is 11.3 Å². The lowest BCUT2D eigenvalue weighted by Crippen LogP contribution is -2.29. The number of nitriles is 1. The highest BCUT2D eigenvalue weighted by atomic mass is 19.4. The molecule has 0 saturated carbocycles. The van der Waals surface area contributed by atoms with Crippen LogP contribution in [0.25, 0.3) is 0 Å². The molecule has 0 spiro atoms. The van der Waals surface area contributed by atoms with Gasteiger partial charge in [-0.25, -0.2) is 0 Å². The Morgan fingerprint density at radius 3 is 2.50 bits per heavy atom. The molecule has 0 saturated heterocycles. The zero-order chi connectivity index (χ0) is 19.0. The Morgan fingerprint density at radius 1 is 1.12 bits per heavy atom. The van der Waals surface area contributed by atoms with E-state index >= 15 is 0 Å². The van der Waals surface area contributed by atoms with Crippen molar-refractivity contribution < 1.29 is 22.7 Å². The quantitative estimate of drug-likeness (QED) is 0.855. The van der Waals surface area contributed by atoms with Gasteiger partial charge in [0.05, 0.1) is 23.7 Å². The Bertz CT molecular complexity index is 873. The molecule has 4 nitrogen and oxygen atoms in total. The highest BCUT2D eigenvalue weighted by Crippen LogP contribution is 2.29. The molecule has 0 atom stereocenters. The fourth-order valence-electron chi connectivity index (χ4n) is 1.89. The smallest absolute Gasteiger partial charge is 0.416 e. The van der Waals surface area contributed by atoms with Gasteiger partial charge in [0.15, 0.2) is 6.61 Å². The van der Waals surface area contributed by atoms with Gasteiger partial charge in [0.25, 0.3) is 5.91 Å². The standard InChI is InChI=1S/C19H13F3N2O2/c20-19(21,22)16-5-1-3-14(11-16)4-2-10-24-18(25)13-26-17-8-6-15(12-23)7-9-17/h1,3,5-9,11H,10,13H2,(H,24,25). The third kappa shape index (κ3) is 5.88. The molecule has 0 unspecified atom stereocenters. The summed E-state index contributed by atoms with van der Waals surface area (Å²) in [4.78, 5) is 11.6. The largest absolute Gasteiger partial charge is 0.484 e. The molecule has 0 aliphatic carbocycles. The van der Waals surface area contributed by atoms with E-state index < -0.39 is 17.6 Å². The van der Waals surface area contributed by atoms with Crippen LogP contribution in [0, 0.1) is 23.2 Å². The predicted octanol–water partition coefficient (Wildman–Crippen LogP) is 3.12. The molecule has 1 N–H and O–H groups in total. The summed E-state index contributed by atoms with van der Waals surface area (Å²) >= 11 is 0. The summed E-state index contributed by atoms with van der Waals surface area (Å²) in [5, 5.41) is 11.2. The first kappa shape index (κ1) is 18.9. The van der Waals surface area contributed by atoms with Crippen molar-refractivity contribution in [2.45, 2.75) is 6.18 Å². The number of amides is 1. The van der Waals surface area contributed by atoms with Crippen LogP contribution in [-0.4, -0.2) is 19.1 Å². The minimum absolute atomic E-state index is 0.0220. The fourth-order valence-corrected chi connectivity index (χ4v) is 1.89. The van der Waals surface area contributed by atoms with E-state index in [2.05, 4.69) is 17.2 Å². The highest BCUT2D eigenvalue weighted by Gasteiger charge is 2.30. The second kappa shape index (κ2) is 8.59. The van der Waals surface area contributed by atoms with E-state index in [1.165, 1.54) is 12.1 Å². The van der Waals surface area contributed by atoms with Gasteiger partial charge in [0, 0.05) is 5.56 Å². The van der Waals surface area contributed by atoms with Crippen LogP contribution in [0.4, 0.5) is 13.2 Å². The second-order valence-corrected chi connectivity index (χ2v) is 5.08. The van der Waals surface area contributed by atoms with Gasteiger partial charge >= 0.3 is 6.18 Å². The molecule has 0 aliphatic heterocycles. The molecule has 0 bridgehead atoms. The summed E-state index contributed by atoms with van der Waals surface area (Å²) in [6.07, 6.45) is -4.42. The Hall–Kier alpha value is -3.45. The van der Waals surface area contributed by atoms with Gasteiger partial charge in [-0.3, -0.25) is 4.79 Å². The number of nitrogens with one attached hydrogen (secondary N) is 1. The molecular weight excluding hydrogens is 345 g/mol. The fraction of sp³-hybridized carbons (Fsp3) is 0.158. The summed E-state index contributed by atoms with van der Waals surface area (Å²) in [5.74, 6) is 5.16. The van der Waals surface area contributed by atoms with Crippen LogP contribution in [0.2, 0.25) is 0 Å². The number of alkyl halides is 3. The van der Waals surface area contributed by atoms with E-state index in [4.69, 9.17) is 10.00 Å².